The van der Waals surface area contributed by atoms with Crippen LogP contribution in [0.1, 0.15) is 19.4 Å². The van der Waals surface area contributed by atoms with Crippen molar-refractivity contribution in [2.45, 2.75) is 20.4 Å². The maximum Gasteiger partial charge on any atom is 0.135 e. The maximum atomic E-state index is 13.5. The molecule has 0 fully saturated rings. The lowest BCUT2D eigenvalue weighted by Gasteiger charge is -2.19. The molecule has 0 aliphatic rings. The molecule has 0 aliphatic carbocycles. The van der Waals surface area contributed by atoms with E-state index in [2.05, 4.69) is 13.8 Å². The number of quaternary nitrogens is 2. The third-order valence-corrected chi connectivity index (χ3v) is 3.45. The summed E-state index contributed by atoms with van der Waals surface area (Å²) >= 11 is 0. The number of nitrogens with one attached hydrogen (secondary N) is 2. The first-order chi connectivity index (χ1) is 8.58. The lowest BCUT2D eigenvalue weighted by Crippen LogP contribution is -3.18. The van der Waals surface area contributed by atoms with E-state index in [-0.39, 0.29) is 5.56 Å². The number of hydrogen-bond donors (Lipinski definition) is 2. The van der Waals surface area contributed by atoms with Gasteiger partial charge < -0.3 is 9.80 Å². The Kier molecular flexibility index (Phi) is 6.22. The Hall–Kier alpha value is -1.00. The van der Waals surface area contributed by atoms with Crippen molar-refractivity contribution < 1.29 is 18.6 Å². The summed E-state index contributed by atoms with van der Waals surface area (Å²) in [4.78, 5) is 2.65. The van der Waals surface area contributed by atoms with Crippen molar-refractivity contribution in [2.75, 3.05) is 33.2 Å². The van der Waals surface area contributed by atoms with Crippen LogP contribution in [0.25, 0.3) is 0 Å². The summed E-state index contributed by atoms with van der Waals surface area (Å²) in [5.74, 6) is -0.880. The third-order valence-electron chi connectivity index (χ3n) is 3.45. The minimum absolute atomic E-state index is 0.199. The van der Waals surface area contributed by atoms with Crippen molar-refractivity contribution in [1.29, 1.82) is 0 Å². The first-order valence-electron chi connectivity index (χ1n) is 6.66. The smallest absolute Gasteiger partial charge is 0.135 e. The van der Waals surface area contributed by atoms with Crippen LogP contribution in [-0.4, -0.2) is 33.2 Å². The van der Waals surface area contributed by atoms with E-state index in [1.165, 1.54) is 23.1 Å². The standard InChI is InChI=1S/C14H22F2N2/c1-4-18(5-2)10-9-17(3)11-12-13(15)7-6-8-14(12)16/h6-8H,4-5,9-11H2,1-3H3/p+2. The van der Waals surface area contributed by atoms with Gasteiger partial charge in [-0.2, -0.15) is 0 Å². The second kappa shape index (κ2) is 7.44. The molecule has 0 saturated heterocycles. The van der Waals surface area contributed by atoms with Gasteiger partial charge in [0.15, 0.2) is 0 Å². The zero-order chi connectivity index (χ0) is 13.5. The fourth-order valence-corrected chi connectivity index (χ4v) is 2.09. The van der Waals surface area contributed by atoms with Crippen molar-refractivity contribution in [3.8, 4) is 0 Å². The zero-order valence-corrected chi connectivity index (χ0v) is 11.5. The second-order valence-electron chi connectivity index (χ2n) is 4.79. The normalized spacial score (nSPS) is 13.0. The molecule has 18 heavy (non-hydrogen) atoms. The van der Waals surface area contributed by atoms with Crippen LogP contribution in [0.4, 0.5) is 8.78 Å². The topological polar surface area (TPSA) is 8.88 Å². The zero-order valence-electron chi connectivity index (χ0n) is 11.5. The Labute approximate surface area is 108 Å². The number of halogens is 2. The number of hydrogen-bond acceptors (Lipinski definition) is 0. The van der Waals surface area contributed by atoms with Gasteiger partial charge in [0.2, 0.25) is 0 Å². The molecule has 1 aromatic rings. The van der Waals surface area contributed by atoms with Crippen molar-refractivity contribution in [3.63, 3.8) is 0 Å². The van der Waals surface area contributed by atoms with E-state index in [1.807, 2.05) is 7.05 Å². The van der Waals surface area contributed by atoms with E-state index in [0.29, 0.717) is 6.54 Å². The highest BCUT2D eigenvalue weighted by atomic mass is 19.1. The number of benzene rings is 1. The first kappa shape index (κ1) is 15.1. The van der Waals surface area contributed by atoms with Gasteiger partial charge in [-0.1, -0.05) is 6.07 Å². The summed E-state index contributed by atoms with van der Waals surface area (Å²) in [5, 5.41) is 0. The van der Waals surface area contributed by atoms with Gasteiger partial charge in [-0.15, -0.1) is 0 Å². The third kappa shape index (κ3) is 4.35. The quantitative estimate of drug-likeness (QED) is 0.676. The van der Waals surface area contributed by atoms with Gasteiger partial charge in [0, 0.05) is 0 Å². The molecule has 0 bridgehead atoms. The van der Waals surface area contributed by atoms with E-state index >= 15 is 0 Å². The SMILES string of the molecule is CC[NH+](CC)CC[NH+](C)Cc1c(F)cccc1F. The van der Waals surface area contributed by atoms with E-state index in [0.717, 1.165) is 31.1 Å². The maximum absolute atomic E-state index is 13.5. The Morgan fingerprint density at radius 1 is 1.00 bits per heavy atom. The van der Waals surface area contributed by atoms with Crippen molar-refractivity contribution >= 4 is 0 Å². The molecule has 2 N–H and O–H groups in total. The number of rotatable bonds is 7. The minimum atomic E-state index is -0.440. The van der Waals surface area contributed by atoms with Crippen LogP contribution in [0.2, 0.25) is 0 Å². The van der Waals surface area contributed by atoms with E-state index < -0.39 is 11.6 Å². The van der Waals surface area contributed by atoms with Crippen LogP contribution in [0, 0.1) is 11.6 Å². The Bertz CT molecular complexity index is 345. The Morgan fingerprint density at radius 3 is 2.06 bits per heavy atom. The van der Waals surface area contributed by atoms with E-state index in [4.69, 9.17) is 0 Å². The highest BCUT2D eigenvalue weighted by Gasteiger charge is 2.14. The summed E-state index contributed by atoms with van der Waals surface area (Å²) in [6, 6.07) is 4.05. The molecule has 2 nitrogen and oxygen atoms in total. The Morgan fingerprint density at radius 2 is 1.56 bits per heavy atom. The highest BCUT2D eigenvalue weighted by Crippen LogP contribution is 2.10. The second-order valence-corrected chi connectivity index (χ2v) is 4.79. The van der Waals surface area contributed by atoms with Crippen molar-refractivity contribution in [3.05, 3.63) is 35.4 Å². The molecule has 0 saturated carbocycles. The highest BCUT2D eigenvalue weighted by molar-refractivity contribution is 5.18. The average Bonchev–Trinajstić information content (AvgIpc) is 2.35. The largest absolute Gasteiger partial charge is 0.331 e. The molecule has 1 aromatic carbocycles. The molecular weight excluding hydrogens is 234 g/mol. The van der Waals surface area contributed by atoms with Gasteiger partial charge in [0.05, 0.1) is 25.7 Å². The minimum Gasteiger partial charge on any atom is -0.331 e. The van der Waals surface area contributed by atoms with E-state index in [9.17, 15) is 8.78 Å². The summed E-state index contributed by atoms with van der Waals surface area (Å²) in [6.07, 6.45) is 0. The monoisotopic (exact) mass is 258 g/mol. The van der Waals surface area contributed by atoms with Crippen LogP contribution < -0.4 is 9.80 Å². The molecule has 102 valence electrons. The molecule has 0 aliphatic heterocycles. The summed E-state index contributed by atoms with van der Waals surface area (Å²) < 4.78 is 27.0. The summed E-state index contributed by atoms with van der Waals surface area (Å²) in [5.41, 5.74) is 0.199. The van der Waals surface area contributed by atoms with Gasteiger partial charge in [0.25, 0.3) is 0 Å². The van der Waals surface area contributed by atoms with Crippen LogP contribution >= 0.6 is 0 Å². The van der Waals surface area contributed by atoms with Crippen LogP contribution in [0.3, 0.4) is 0 Å². The fourth-order valence-electron chi connectivity index (χ4n) is 2.09. The van der Waals surface area contributed by atoms with Crippen LogP contribution in [-0.2, 0) is 6.54 Å². The molecular formula is C14H24F2N2+2. The van der Waals surface area contributed by atoms with E-state index in [1.54, 1.807) is 0 Å². The molecule has 0 radical (unpaired) electrons. The van der Waals surface area contributed by atoms with Gasteiger partial charge in [-0.05, 0) is 26.0 Å². The molecule has 4 heteroatoms. The first-order valence-corrected chi connectivity index (χ1v) is 6.66. The molecule has 0 spiro atoms. The van der Waals surface area contributed by atoms with Gasteiger partial charge in [-0.3, -0.25) is 0 Å². The molecule has 1 unspecified atom stereocenters. The van der Waals surface area contributed by atoms with Crippen molar-refractivity contribution in [2.24, 2.45) is 0 Å². The molecule has 0 heterocycles. The number of likely N-dealkylation sites (N-methyl/N-ethyl adjacent to an activating group) is 2. The molecule has 1 atom stereocenters. The summed E-state index contributed by atoms with van der Waals surface area (Å²) in [6.45, 7) is 8.87. The Balaban J connectivity index is 2.52. The average molecular weight is 258 g/mol. The van der Waals surface area contributed by atoms with Gasteiger partial charge >= 0.3 is 0 Å². The lowest BCUT2D eigenvalue weighted by atomic mass is 10.2. The lowest BCUT2D eigenvalue weighted by molar-refractivity contribution is -0.953. The molecule has 0 amide bonds. The molecule has 0 aromatic heterocycles. The fraction of sp³-hybridized carbons (Fsp3) is 0.571. The predicted molar refractivity (Wildman–Crippen MR) is 68.7 cm³/mol. The van der Waals surface area contributed by atoms with Crippen LogP contribution in [0.15, 0.2) is 18.2 Å². The molecule has 1 rings (SSSR count). The predicted octanol–water partition coefficient (Wildman–Crippen LogP) is -0.0958. The van der Waals surface area contributed by atoms with Crippen molar-refractivity contribution in [1.82, 2.24) is 0 Å². The van der Waals surface area contributed by atoms with Gasteiger partial charge in [0.1, 0.15) is 31.3 Å². The summed E-state index contributed by atoms with van der Waals surface area (Å²) in [7, 11) is 1.98. The van der Waals surface area contributed by atoms with Gasteiger partial charge in [-0.25, -0.2) is 8.78 Å². The van der Waals surface area contributed by atoms with Crippen LogP contribution in [0.5, 0.6) is 0 Å².